The Kier molecular flexibility index (Phi) is 5.29. The molecule has 5 nitrogen and oxygen atoms in total. The summed E-state index contributed by atoms with van der Waals surface area (Å²) in [6, 6.07) is 3.65. The maximum absolute atomic E-state index is 13.2. The van der Waals surface area contributed by atoms with E-state index in [2.05, 4.69) is 0 Å². The van der Waals surface area contributed by atoms with Gasteiger partial charge in [-0.2, -0.15) is 0 Å². The van der Waals surface area contributed by atoms with Crippen LogP contribution in [0.5, 0.6) is 5.75 Å². The number of nitrogens with zero attached hydrogens (tertiary/aromatic N) is 1. The van der Waals surface area contributed by atoms with Gasteiger partial charge in [-0.1, -0.05) is 0 Å². The highest BCUT2D eigenvalue weighted by Crippen LogP contribution is 2.21. The van der Waals surface area contributed by atoms with Crippen molar-refractivity contribution in [1.29, 1.82) is 0 Å². The zero-order chi connectivity index (χ0) is 14.4. The molecule has 0 aliphatic rings. The number of carbonyl (C=O) groups is 2. The number of carboxylic acids is 1. The zero-order valence-electron chi connectivity index (χ0n) is 10.9. The van der Waals surface area contributed by atoms with Crippen molar-refractivity contribution in [2.45, 2.75) is 13.3 Å². The average Bonchev–Trinajstić information content (AvgIpc) is 2.38. The van der Waals surface area contributed by atoms with Gasteiger partial charge in [-0.25, -0.2) is 4.39 Å². The number of methoxy groups -OCH3 is 1. The molecule has 0 heterocycles. The summed E-state index contributed by atoms with van der Waals surface area (Å²) in [6.45, 7) is 2.14. The third kappa shape index (κ3) is 3.94. The monoisotopic (exact) mass is 269 g/mol. The average molecular weight is 269 g/mol. The second kappa shape index (κ2) is 6.72. The quantitative estimate of drug-likeness (QED) is 0.854. The molecular formula is C13H16FNO4. The van der Waals surface area contributed by atoms with E-state index < -0.39 is 17.7 Å². The maximum Gasteiger partial charge on any atom is 0.305 e. The summed E-state index contributed by atoms with van der Waals surface area (Å²) in [5, 5.41) is 8.63. The first-order chi connectivity index (χ1) is 8.99. The van der Waals surface area contributed by atoms with Gasteiger partial charge < -0.3 is 14.7 Å². The number of carboxylic acid groups (broad SMARTS) is 1. The molecule has 1 rings (SSSR count). The highest BCUT2D eigenvalue weighted by Gasteiger charge is 2.19. The van der Waals surface area contributed by atoms with Gasteiger partial charge in [-0.05, 0) is 25.1 Å². The van der Waals surface area contributed by atoms with Gasteiger partial charge in [0.25, 0.3) is 5.91 Å². The summed E-state index contributed by atoms with van der Waals surface area (Å²) < 4.78 is 18.2. The Morgan fingerprint density at radius 3 is 2.63 bits per heavy atom. The fourth-order valence-electron chi connectivity index (χ4n) is 1.65. The first-order valence-corrected chi connectivity index (χ1v) is 5.84. The molecule has 19 heavy (non-hydrogen) atoms. The fraction of sp³-hybridized carbons (Fsp3) is 0.385. The van der Waals surface area contributed by atoms with Crippen molar-refractivity contribution in [3.63, 3.8) is 0 Å². The van der Waals surface area contributed by atoms with Crippen molar-refractivity contribution in [1.82, 2.24) is 4.90 Å². The van der Waals surface area contributed by atoms with Gasteiger partial charge >= 0.3 is 5.97 Å². The van der Waals surface area contributed by atoms with Crippen LogP contribution in [0.4, 0.5) is 4.39 Å². The first-order valence-electron chi connectivity index (χ1n) is 5.84. The van der Waals surface area contributed by atoms with Crippen LogP contribution in [0, 0.1) is 5.82 Å². The van der Waals surface area contributed by atoms with Crippen molar-refractivity contribution in [2.24, 2.45) is 0 Å². The standard InChI is InChI=1S/C13H16FNO4/c1-3-15(7-6-12(16)17)13(18)10-8-9(14)4-5-11(10)19-2/h4-5,8H,3,6-7H2,1-2H3,(H,16,17). The number of carbonyl (C=O) groups excluding carboxylic acids is 1. The van der Waals surface area contributed by atoms with Gasteiger partial charge in [0.15, 0.2) is 0 Å². The number of ether oxygens (including phenoxy) is 1. The van der Waals surface area contributed by atoms with Crippen LogP contribution in [0.2, 0.25) is 0 Å². The Bertz CT molecular complexity index is 476. The number of halogens is 1. The lowest BCUT2D eigenvalue weighted by molar-refractivity contribution is -0.137. The van der Waals surface area contributed by atoms with Crippen molar-refractivity contribution in [3.05, 3.63) is 29.6 Å². The Hall–Kier alpha value is -2.11. The molecule has 0 aliphatic heterocycles. The third-order valence-electron chi connectivity index (χ3n) is 2.66. The molecule has 0 saturated heterocycles. The van der Waals surface area contributed by atoms with E-state index in [1.165, 1.54) is 24.1 Å². The van der Waals surface area contributed by atoms with E-state index >= 15 is 0 Å². The van der Waals surface area contributed by atoms with Crippen molar-refractivity contribution in [3.8, 4) is 5.75 Å². The van der Waals surface area contributed by atoms with E-state index in [1.54, 1.807) is 6.92 Å². The lowest BCUT2D eigenvalue weighted by Gasteiger charge is -2.21. The molecule has 6 heteroatoms. The molecular weight excluding hydrogens is 253 g/mol. The summed E-state index contributed by atoms with van der Waals surface area (Å²) in [7, 11) is 1.39. The molecule has 0 bridgehead atoms. The van der Waals surface area contributed by atoms with Crippen molar-refractivity contribution < 1.29 is 23.8 Å². The lowest BCUT2D eigenvalue weighted by Crippen LogP contribution is -2.33. The summed E-state index contributed by atoms with van der Waals surface area (Å²) in [4.78, 5) is 24.1. The minimum Gasteiger partial charge on any atom is -0.496 e. The predicted molar refractivity (Wildman–Crippen MR) is 66.8 cm³/mol. The second-order valence-corrected chi connectivity index (χ2v) is 3.87. The SMILES string of the molecule is CCN(CCC(=O)O)C(=O)c1cc(F)ccc1OC. The Morgan fingerprint density at radius 2 is 2.11 bits per heavy atom. The smallest absolute Gasteiger partial charge is 0.305 e. The Labute approximate surface area is 110 Å². The second-order valence-electron chi connectivity index (χ2n) is 3.87. The summed E-state index contributed by atoms with van der Waals surface area (Å²) >= 11 is 0. The minimum atomic E-state index is -0.988. The Balaban J connectivity index is 2.96. The van der Waals surface area contributed by atoms with Crippen LogP contribution in [0.25, 0.3) is 0 Å². The topological polar surface area (TPSA) is 66.8 Å². The molecule has 1 N–H and O–H groups in total. The lowest BCUT2D eigenvalue weighted by atomic mass is 10.1. The molecule has 0 unspecified atom stereocenters. The van der Waals surface area contributed by atoms with Crippen LogP contribution in [-0.4, -0.2) is 42.1 Å². The fourth-order valence-corrected chi connectivity index (χ4v) is 1.65. The number of hydrogen-bond acceptors (Lipinski definition) is 3. The van der Waals surface area contributed by atoms with Gasteiger partial charge in [0.2, 0.25) is 0 Å². The summed E-state index contributed by atoms with van der Waals surface area (Å²) in [6.07, 6.45) is -0.156. The number of hydrogen-bond donors (Lipinski definition) is 1. The molecule has 0 saturated carbocycles. The van der Waals surface area contributed by atoms with E-state index in [4.69, 9.17) is 9.84 Å². The molecule has 0 atom stereocenters. The molecule has 1 aromatic carbocycles. The summed E-state index contributed by atoms with van der Waals surface area (Å²) in [5.41, 5.74) is 0.0924. The normalized spacial score (nSPS) is 10.1. The summed E-state index contributed by atoms with van der Waals surface area (Å²) in [5.74, 6) is -1.71. The van der Waals surface area contributed by atoms with Gasteiger partial charge in [0, 0.05) is 13.1 Å². The van der Waals surface area contributed by atoms with Crippen molar-refractivity contribution >= 4 is 11.9 Å². The van der Waals surface area contributed by atoms with Gasteiger partial charge in [-0.3, -0.25) is 9.59 Å². The Morgan fingerprint density at radius 1 is 1.42 bits per heavy atom. The van der Waals surface area contributed by atoms with Crippen molar-refractivity contribution in [2.75, 3.05) is 20.2 Å². The van der Waals surface area contributed by atoms with Crippen LogP contribution in [0.1, 0.15) is 23.7 Å². The highest BCUT2D eigenvalue weighted by atomic mass is 19.1. The van der Waals surface area contributed by atoms with Gasteiger partial charge in [-0.15, -0.1) is 0 Å². The van der Waals surface area contributed by atoms with Gasteiger partial charge in [0.1, 0.15) is 11.6 Å². The van der Waals surface area contributed by atoms with Crippen LogP contribution >= 0.6 is 0 Å². The molecule has 1 amide bonds. The van der Waals surface area contributed by atoms with E-state index in [1.807, 2.05) is 0 Å². The zero-order valence-corrected chi connectivity index (χ0v) is 10.9. The largest absolute Gasteiger partial charge is 0.496 e. The number of rotatable bonds is 6. The molecule has 0 aliphatic carbocycles. The highest BCUT2D eigenvalue weighted by molar-refractivity contribution is 5.97. The molecule has 0 aromatic heterocycles. The number of amides is 1. The molecule has 1 aromatic rings. The molecule has 0 spiro atoms. The number of benzene rings is 1. The predicted octanol–water partition coefficient (Wildman–Crippen LogP) is 1.77. The first kappa shape index (κ1) is 14.9. The van der Waals surface area contributed by atoms with E-state index in [0.29, 0.717) is 6.54 Å². The van der Waals surface area contributed by atoms with E-state index in [9.17, 15) is 14.0 Å². The minimum absolute atomic E-state index is 0.0737. The molecule has 0 fully saturated rings. The molecule has 104 valence electrons. The van der Waals surface area contributed by atoms with Crippen LogP contribution in [-0.2, 0) is 4.79 Å². The van der Waals surface area contributed by atoms with Crippen LogP contribution in [0.15, 0.2) is 18.2 Å². The van der Waals surface area contributed by atoms with Crippen LogP contribution < -0.4 is 4.74 Å². The van der Waals surface area contributed by atoms with E-state index in [0.717, 1.165) is 6.07 Å². The maximum atomic E-state index is 13.2. The third-order valence-corrected chi connectivity index (χ3v) is 2.66. The van der Waals surface area contributed by atoms with Gasteiger partial charge in [0.05, 0.1) is 19.1 Å². The van der Waals surface area contributed by atoms with E-state index in [-0.39, 0.29) is 24.3 Å². The molecule has 0 radical (unpaired) electrons. The van der Waals surface area contributed by atoms with Crippen LogP contribution in [0.3, 0.4) is 0 Å². The number of aliphatic carboxylic acids is 1.